The van der Waals surface area contributed by atoms with Gasteiger partial charge in [-0.25, -0.2) is 0 Å². The summed E-state index contributed by atoms with van der Waals surface area (Å²) < 4.78 is 6.09. The number of phenolic OH excluding ortho intramolecular Hbond substituents is 1. The number of fused-ring (bicyclic) bond motifs is 4. The Hall–Kier alpha value is -6.34. The smallest absolute Gasteiger partial charge is 0.234 e. The van der Waals surface area contributed by atoms with Crippen LogP contribution in [0.4, 0.5) is 0 Å². The van der Waals surface area contributed by atoms with Crippen molar-refractivity contribution in [1.29, 1.82) is 0 Å². The third kappa shape index (κ3) is 5.65. The van der Waals surface area contributed by atoms with Crippen molar-refractivity contribution in [2.75, 3.05) is 0 Å². The number of Topliss-reactive ketones (excluding diaryl/α,β-unsaturated/α-hetero) is 1. The molecule has 1 saturated carbocycles. The number of ketones is 2. The van der Waals surface area contributed by atoms with E-state index in [1.165, 1.54) is 11.0 Å². The Morgan fingerprint density at radius 3 is 2.02 bits per heavy atom. The van der Waals surface area contributed by atoms with Crippen LogP contribution in [0.2, 0.25) is 0 Å². The second kappa shape index (κ2) is 13.8. The van der Waals surface area contributed by atoms with Gasteiger partial charge in [0.25, 0.3) is 0 Å². The van der Waals surface area contributed by atoms with Crippen LogP contribution in [0.3, 0.4) is 0 Å². The van der Waals surface area contributed by atoms with Gasteiger partial charge in [0.15, 0.2) is 11.6 Å². The predicted molar refractivity (Wildman–Crippen MR) is 207 cm³/mol. The summed E-state index contributed by atoms with van der Waals surface area (Å²) in [7, 11) is 0. The zero-order valence-corrected chi connectivity index (χ0v) is 30.1. The van der Waals surface area contributed by atoms with Crippen LogP contribution in [0, 0.1) is 23.7 Å². The van der Waals surface area contributed by atoms with Crippen LogP contribution in [0.25, 0.3) is 5.57 Å². The number of imide groups is 1. The lowest BCUT2D eigenvalue weighted by Gasteiger charge is -2.55. The van der Waals surface area contributed by atoms with E-state index >= 15 is 9.59 Å². The minimum Gasteiger partial charge on any atom is -0.508 e. The molecule has 1 aliphatic heterocycles. The summed E-state index contributed by atoms with van der Waals surface area (Å²) in [4.78, 5) is 60.4. The Balaban J connectivity index is 1.20. The van der Waals surface area contributed by atoms with E-state index in [1.54, 1.807) is 18.2 Å². The summed E-state index contributed by atoms with van der Waals surface area (Å²) in [5.41, 5.74) is 3.28. The lowest BCUT2D eigenvalue weighted by molar-refractivity contribution is -0.141. The molecule has 0 unspecified atom stereocenters. The second-order valence-electron chi connectivity index (χ2n) is 15.0. The Bertz CT molecular complexity index is 2370. The molecule has 6 atom stereocenters. The van der Waals surface area contributed by atoms with Gasteiger partial charge in [-0.3, -0.25) is 24.1 Å². The van der Waals surface area contributed by atoms with E-state index < -0.39 is 35.0 Å². The second-order valence-corrected chi connectivity index (χ2v) is 15.0. The van der Waals surface area contributed by atoms with Gasteiger partial charge in [0.2, 0.25) is 11.8 Å². The Morgan fingerprint density at radius 2 is 1.35 bits per heavy atom. The van der Waals surface area contributed by atoms with Crippen LogP contribution in [0.5, 0.6) is 11.5 Å². The number of ether oxygens (including phenoxy) is 1. The molecule has 272 valence electrons. The van der Waals surface area contributed by atoms with E-state index in [-0.39, 0.29) is 42.1 Å². The summed E-state index contributed by atoms with van der Waals surface area (Å²) in [5.74, 6) is -4.08. The van der Waals surface area contributed by atoms with Gasteiger partial charge >= 0.3 is 0 Å². The third-order valence-corrected chi connectivity index (χ3v) is 12.2. The van der Waals surface area contributed by atoms with Crippen molar-refractivity contribution in [3.63, 3.8) is 0 Å². The van der Waals surface area contributed by atoms with E-state index in [0.717, 1.165) is 16.7 Å². The van der Waals surface area contributed by atoms with Crippen molar-refractivity contribution < 1.29 is 29.0 Å². The maximum Gasteiger partial charge on any atom is 0.234 e. The fourth-order valence-electron chi connectivity index (χ4n) is 9.80. The molecule has 55 heavy (non-hydrogen) atoms. The van der Waals surface area contributed by atoms with Crippen LogP contribution < -0.4 is 4.74 Å². The van der Waals surface area contributed by atoms with Gasteiger partial charge in [0.1, 0.15) is 18.1 Å². The Morgan fingerprint density at radius 1 is 0.709 bits per heavy atom. The van der Waals surface area contributed by atoms with Crippen molar-refractivity contribution in [1.82, 2.24) is 4.90 Å². The first kappa shape index (κ1) is 34.4. The molecule has 5 aromatic rings. The van der Waals surface area contributed by atoms with Crippen LogP contribution in [-0.4, -0.2) is 33.4 Å². The number of rotatable bonds is 8. The van der Waals surface area contributed by atoms with Crippen molar-refractivity contribution in [3.8, 4) is 11.5 Å². The molecule has 1 saturated heterocycles. The fourth-order valence-corrected chi connectivity index (χ4v) is 9.80. The number of benzene rings is 5. The van der Waals surface area contributed by atoms with Gasteiger partial charge in [0, 0.05) is 29.0 Å². The van der Waals surface area contributed by atoms with E-state index in [0.29, 0.717) is 41.0 Å². The van der Waals surface area contributed by atoms with Crippen molar-refractivity contribution >= 4 is 29.0 Å². The maximum absolute atomic E-state index is 15.3. The highest BCUT2D eigenvalue weighted by atomic mass is 16.5. The summed E-state index contributed by atoms with van der Waals surface area (Å²) in [5, 5.41) is 12.0. The van der Waals surface area contributed by atoms with Crippen LogP contribution >= 0.6 is 0 Å². The minimum absolute atomic E-state index is 0.0779. The average molecular weight is 726 g/mol. The van der Waals surface area contributed by atoms with Crippen molar-refractivity contribution in [2.24, 2.45) is 23.7 Å². The predicted octanol–water partition coefficient (Wildman–Crippen LogP) is 8.00. The molecule has 5 aromatic carbocycles. The van der Waals surface area contributed by atoms with Crippen LogP contribution in [0.1, 0.15) is 46.6 Å². The largest absolute Gasteiger partial charge is 0.508 e. The molecule has 1 heterocycles. The van der Waals surface area contributed by atoms with E-state index in [4.69, 9.17) is 4.74 Å². The molecule has 2 amide bonds. The van der Waals surface area contributed by atoms with Crippen LogP contribution in [0.15, 0.2) is 157 Å². The molecule has 9 rings (SSSR count). The zero-order chi connectivity index (χ0) is 37.7. The van der Waals surface area contributed by atoms with Gasteiger partial charge in [-0.1, -0.05) is 139 Å². The molecular weight excluding hydrogens is 687 g/mol. The molecule has 0 radical (unpaired) electrons. The molecule has 1 N–H and O–H groups in total. The number of carbonyl (C=O) groups is 4. The lowest BCUT2D eigenvalue weighted by Crippen LogP contribution is -2.58. The molecular formula is C48H39NO6. The average Bonchev–Trinajstić information content (AvgIpc) is 3.47. The number of hydrogen-bond donors (Lipinski definition) is 1. The molecule has 7 heteroatoms. The first-order chi connectivity index (χ1) is 26.9. The molecule has 7 nitrogen and oxygen atoms in total. The number of aromatic hydroxyl groups is 1. The van der Waals surface area contributed by atoms with Gasteiger partial charge in [0.05, 0.1) is 23.8 Å². The van der Waals surface area contributed by atoms with Gasteiger partial charge in [-0.05, 0) is 53.2 Å². The number of likely N-dealkylation sites (tertiary alicyclic amines) is 1. The summed E-state index contributed by atoms with van der Waals surface area (Å²) in [6, 6.07) is 42.9. The maximum atomic E-state index is 15.3. The standard InChI is InChI=1S/C48H39NO6/c50-41-25-34(55-29-31-15-7-2-8-16-31)21-22-36(41)44-35-23-24-37-43(47(54)49(46(37)53)28-30-13-5-1-6-14-30)39(35)26-40-45(52)38(32-17-9-3-10-18-32)27-42(51)48(40,44)33-19-11-4-12-20-33/h1-23,25,27,37,39-40,43-44,50H,24,26,28-29H2/t37-,39+,40-,43-,44+,48-/m0/s1. The Labute approximate surface area is 319 Å². The highest BCUT2D eigenvalue weighted by Crippen LogP contribution is 2.64. The number of hydrogen-bond acceptors (Lipinski definition) is 6. The molecule has 0 aromatic heterocycles. The number of phenols is 1. The van der Waals surface area contributed by atoms with Crippen molar-refractivity contribution in [3.05, 3.63) is 185 Å². The Kier molecular flexibility index (Phi) is 8.65. The van der Waals surface area contributed by atoms with Crippen molar-refractivity contribution in [2.45, 2.75) is 37.3 Å². The normalized spacial score (nSPS) is 25.7. The van der Waals surface area contributed by atoms with Gasteiger partial charge in [-0.2, -0.15) is 0 Å². The fraction of sp³-hybridized carbons (Fsp3) is 0.208. The van der Waals surface area contributed by atoms with Gasteiger partial charge in [-0.15, -0.1) is 0 Å². The third-order valence-electron chi connectivity index (χ3n) is 12.2. The number of allylic oxidation sites excluding steroid dienone is 4. The van der Waals surface area contributed by atoms with Crippen LogP contribution in [-0.2, 0) is 37.7 Å². The highest BCUT2D eigenvalue weighted by molar-refractivity contribution is 6.31. The lowest BCUT2D eigenvalue weighted by atomic mass is 9.44. The topological polar surface area (TPSA) is 101 Å². The van der Waals surface area contributed by atoms with E-state index in [2.05, 4.69) is 0 Å². The molecule has 0 bridgehead atoms. The SMILES string of the molecule is O=C1C(c2ccccc2)=CC(=O)[C@@]2(c3ccccc3)[C@@H](c3ccc(OCc4ccccc4)cc3O)C3=CC[C@@H]4C(=O)N(Cc5ccccc5)C(=O)[C@@H]4[C@@H]3C[C@@H]12. The number of nitrogens with zero attached hydrogens (tertiary/aromatic N) is 1. The van der Waals surface area contributed by atoms with E-state index in [1.807, 2.05) is 127 Å². The molecule has 0 spiro atoms. The van der Waals surface area contributed by atoms with E-state index in [9.17, 15) is 14.7 Å². The minimum atomic E-state index is -1.44. The van der Waals surface area contributed by atoms with Gasteiger partial charge < -0.3 is 9.84 Å². The first-order valence-corrected chi connectivity index (χ1v) is 18.9. The molecule has 4 aliphatic rings. The summed E-state index contributed by atoms with van der Waals surface area (Å²) in [6.45, 7) is 0.461. The number of amides is 2. The molecule has 2 fully saturated rings. The highest BCUT2D eigenvalue weighted by Gasteiger charge is 2.66. The zero-order valence-electron chi connectivity index (χ0n) is 30.1. The number of carbonyl (C=O) groups excluding carboxylic acids is 4. The molecule has 3 aliphatic carbocycles. The summed E-state index contributed by atoms with van der Waals surface area (Å²) >= 11 is 0. The monoisotopic (exact) mass is 725 g/mol. The quantitative estimate of drug-likeness (QED) is 0.129. The first-order valence-electron chi connectivity index (χ1n) is 18.9. The summed E-state index contributed by atoms with van der Waals surface area (Å²) in [6.07, 6.45) is 4.01.